The van der Waals surface area contributed by atoms with Crippen LogP contribution in [0.3, 0.4) is 0 Å². The standard InChI is InChI=1S/C11H7F6N5O/c12-10(13,14)5-1-2-7(6(3-5)20-9(18)23)22-4-19-8(21-22)11(15,16)17/h1-4H,(H3,18,20,23). The van der Waals surface area contributed by atoms with Crippen molar-refractivity contribution in [1.29, 1.82) is 0 Å². The molecule has 2 rings (SSSR count). The maximum Gasteiger partial charge on any atom is 0.453 e. The molecule has 0 fully saturated rings. The summed E-state index contributed by atoms with van der Waals surface area (Å²) in [6, 6.07) is 0.788. The highest BCUT2D eigenvalue weighted by Crippen LogP contribution is 2.33. The van der Waals surface area contributed by atoms with Crippen LogP contribution in [0.15, 0.2) is 24.5 Å². The molecule has 0 spiro atoms. The number of primary amides is 1. The Morgan fingerprint density at radius 3 is 2.26 bits per heavy atom. The number of alkyl halides is 6. The fourth-order valence-corrected chi connectivity index (χ4v) is 1.65. The van der Waals surface area contributed by atoms with Crippen LogP contribution in [0.1, 0.15) is 11.4 Å². The van der Waals surface area contributed by atoms with E-state index in [1.165, 1.54) is 0 Å². The lowest BCUT2D eigenvalue weighted by atomic mass is 10.1. The van der Waals surface area contributed by atoms with E-state index in [4.69, 9.17) is 5.73 Å². The van der Waals surface area contributed by atoms with Gasteiger partial charge >= 0.3 is 18.4 Å². The zero-order chi connectivity index (χ0) is 17.4. The van der Waals surface area contributed by atoms with Crippen LogP contribution in [0.2, 0.25) is 0 Å². The molecule has 12 heteroatoms. The predicted molar refractivity (Wildman–Crippen MR) is 64.6 cm³/mol. The minimum absolute atomic E-state index is 0.264. The summed E-state index contributed by atoms with van der Waals surface area (Å²) in [6.45, 7) is 0. The lowest BCUT2D eigenvalue weighted by molar-refractivity contribution is -0.144. The van der Waals surface area contributed by atoms with Crippen molar-refractivity contribution in [3.8, 4) is 5.69 Å². The van der Waals surface area contributed by atoms with Gasteiger partial charge in [0.05, 0.1) is 16.9 Å². The Bertz CT molecular complexity index is 735. The number of aromatic nitrogens is 3. The van der Waals surface area contributed by atoms with Crippen molar-refractivity contribution < 1.29 is 31.1 Å². The molecular weight excluding hydrogens is 332 g/mol. The number of carbonyl (C=O) groups excluding carboxylic acids is 1. The number of halogens is 6. The number of nitrogens with zero attached hydrogens (tertiary/aromatic N) is 3. The third-order valence-electron chi connectivity index (χ3n) is 2.57. The molecule has 0 saturated heterocycles. The van der Waals surface area contributed by atoms with Crippen molar-refractivity contribution in [3.05, 3.63) is 35.9 Å². The highest BCUT2D eigenvalue weighted by atomic mass is 19.4. The topological polar surface area (TPSA) is 85.8 Å². The van der Waals surface area contributed by atoms with Crippen LogP contribution in [0.25, 0.3) is 5.69 Å². The van der Waals surface area contributed by atoms with Crippen molar-refractivity contribution in [2.45, 2.75) is 12.4 Å². The molecule has 2 amide bonds. The summed E-state index contributed by atoms with van der Waals surface area (Å²) >= 11 is 0. The Morgan fingerprint density at radius 2 is 1.78 bits per heavy atom. The van der Waals surface area contributed by atoms with Gasteiger partial charge in [-0.2, -0.15) is 26.3 Å². The maximum absolute atomic E-state index is 12.7. The second-order valence-electron chi connectivity index (χ2n) is 4.23. The van der Waals surface area contributed by atoms with E-state index < -0.39 is 35.5 Å². The molecule has 0 atom stereocenters. The van der Waals surface area contributed by atoms with Gasteiger partial charge in [0.2, 0.25) is 0 Å². The second kappa shape index (κ2) is 5.44. The second-order valence-corrected chi connectivity index (χ2v) is 4.23. The first-order chi connectivity index (χ1) is 10.5. The fourth-order valence-electron chi connectivity index (χ4n) is 1.65. The van der Waals surface area contributed by atoms with Gasteiger partial charge in [-0.25, -0.2) is 14.5 Å². The van der Waals surface area contributed by atoms with E-state index in [0.29, 0.717) is 23.1 Å². The first-order valence-corrected chi connectivity index (χ1v) is 5.75. The molecule has 1 heterocycles. The molecule has 0 aliphatic carbocycles. The Kier molecular flexibility index (Phi) is 3.92. The molecular formula is C11H7F6N5O. The van der Waals surface area contributed by atoms with Gasteiger partial charge in [0, 0.05) is 0 Å². The van der Waals surface area contributed by atoms with E-state index in [1.807, 2.05) is 5.32 Å². The van der Waals surface area contributed by atoms with Gasteiger partial charge in [-0.3, -0.25) is 0 Å². The number of carbonyl (C=O) groups is 1. The molecule has 2 aromatic rings. The third kappa shape index (κ3) is 3.70. The normalized spacial score (nSPS) is 12.3. The SMILES string of the molecule is NC(=O)Nc1cc(C(F)(F)F)ccc1-n1cnc(C(F)(F)F)n1. The monoisotopic (exact) mass is 339 g/mol. The van der Waals surface area contributed by atoms with Crippen molar-refractivity contribution in [2.24, 2.45) is 5.73 Å². The highest BCUT2D eigenvalue weighted by molar-refractivity contribution is 5.90. The van der Waals surface area contributed by atoms with Crippen LogP contribution in [0, 0.1) is 0 Å². The lowest BCUT2D eigenvalue weighted by Gasteiger charge is -2.13. The lowest BCUT2D eigenvalue weighted by Crippen LogP contribution is -2.21. The van der Waals surface area contributed by atoms with Crippen LogP contribution in [-0.2, 0) is 12.4 Å². The third-order valence-corrected chi connectivity index (χ3v) is 2.57. The Balaban J connectivity index is 2.53. The van der Waals surface area contributed by atoms with Crippen LogP contribution in [-0.4, -0.2) is 20.8 Å². The number of amides is 2. The smallest absolute Gasteiger partial charge is 0.351 e. The number of anilines is 1. The van der Waals surface area contributed by atoms with Crippen molar-refractivity contribution in [1.82, 2.24) is 14.8 Å². The van der Waals surface area contributed by atoms with Gasteiger partial charge in [-0.1, -0.05) is 0 Å². The number of hydrogen-bond acceptors (Lipinski definition) is 3. The van der Waals surface area contributed by atoms with Crippen LogP contribution < -0.4 is 11.1 Å². The maximum atomic E-state index is 12.7. The summed E-state index contributed by atoms with van der Waals surface area (Å²) < 4.78 is 76.0. The first kappa shape index (κ1) is 16.6. The average Bonchev–Trinajstić information content (AvgIpc) is 2.86. The summed E-state index contributed by atoms with van der Waals surface area (Å²) in [7, 11) is 0. The molecule has 23 heavy (non-hydrogen) atoms. The molecule has 1 aromatic heterocycles. The summed E-state index contributed by atoms with van der Waals surface area (Å²) in [5.41, 5.74) is 2.99. The van der Waals surface area contributed by atoms with E-state index in [-0.39, 0.29) is 5.69 Å². The quantitative estimate of drug-likeness (QED) is 0.825. The summed E-state index contributed by atoms with van der Waals surface area (Å²) in [4.78, 5) is 13.9. The van der Waals surface area contributed by atoms with Crippen molar-refractivity contribution >= 4 is 11.7 Å². The Hall–Kier alpha value is -2.79. The van der Waals surface area contributed by atoms with E-state index in [1.54, 1.807) is 0 Å². The van der Waals surface area contributed by atoms with E-state index in [0.717, 1.165) is 6.07 Å². The molecule has 0 radical (unpaired) electrons. The number of rotatable bonds is 2. The summed E-state index contributed by atoms with van der Waals surface area (Å²) in [5, 5.41) is 5.02. The summed E-state index contributed by atoms with van der Waals surface area (Å²) in [5.74, 6) is -1.48. The number of benzene rings is 1. The molecule has 0 aliphatic rings. The average molecular weight is 339 g/mol. The minimum atomic E-state index is -4.82. The van der Waals surface area contributed by atoms with E-state index >= 15 is 0 Å². The highest BCUT2D eigenvalue weighted by Gasteiger charge is 2.36. The molecule has 1 aromatic carbocycles. The molecule has 124 valence electrons. The van der Waals surface area contributed by atoms with Crippen LogP contribution in [0.5, 0.6) is 0 Å². The van der Waals surface area contributed by atoms with E-state index in [2.05, 4.69) is 10.1 Å². The Morgan fingerprint density at radius 1 is 1.13 bits per heavy atom. The van der Waals surface area contributed by atoms with Crippen molar-refractivity contribution in [2.75, 3.05) is 5.32 Å². The number of hydrogen-bond donors (Lipinski definition) is 2. The van der Waals surface area contributed by atoms with Gasteiger partial charge < -0.3 is 11.1 Å². The van der Waals surface area contributed by atoms with Crippen molar-refractivity contribution in [3.63, 3.8) is 0 Å². The number of nitrogens with two attached hydrogens (primary N) is 1. The minimum Gasteiger partial charge on any atom is -0.351 e. The molecule has 0 unspecified atom stereocenters. The van der Waals surface area contributed by atoms with Crippen LogP contribution >= 0.6 is 0 Å². The molecule has 3 N–H and O–H groups in total. The zero-order valence-electron chi connectivity index (χ0n) is 10.9. The van der Waals surface area contributed by atoms with Gasteiger partial charge in [-0.15, -0.1) is 5.10 Å². The summed E-state index contributed by atoms with van der Waals surface area (Å²) in [6.07, 6.45) is -8.89. The van der Waals surface area contributed by atoms with E-state index in [9.17, 15) is 31.1 Å². The van der Waals surface area contributed by atoms with Gasteiger partial charge in [0.1, 0.15) is 6.33 Å². The fraction of sp³-hybridized carbons (Fsp3) is 0.182. The van der Waals surface area contributed by atoms with Crippen LogP contribution in [0.4, 0.5) is 36.8 Å². The molecule has 0 saturated carbocycles. The van der Waals surface area contributed by atoms with Gasteiger partial charge in [0.25, 0.3) is 5.82 Å². The predicted octanol–water partition coefficient (Wildman–Crippen LogP) is 2.80. The molecule has 0 bridgehead atoms. The number of urea groups is 1. The number of nitrogens with one attached hydrogen (secondary N) is 1. The van der Waals surface area contributed by atoms with Gasteiger partial charge in [0.15, 0.2) is 0 Å². The first-order valence-electron chi connectivity index (χ1n) is 5.75. The molecule has 0 aliphatic heterocycles. The largest absolute Gasteiger partial charge is 0.453 e. The van der Waals surface area contributed by atoms with Gasteiger partial charge in [-0.05, 0) is 18.2 Å². The molecule has 6 nitrogen and oxygen atoms in total. The zero-order valence-corrected chi connectivity index (χ0v) is 10.9. The Labute approximate surface area is 123 Å².